The van der Waals surface area contributed by atoms with Gasteiger partial charge in [-0.2, -0.15) is 0 Å². The molecule has 4 heteroatoms. The number of piperidine rings is 1. The number of likely N-dealkylation sites (N-methyl/N-ethyl adjacent to an activating group) is 1. The fourth-order valence-electron chi connectivity index (χ4n) is 3.30. The molecule has 1 atom stereocenters. The zero-order valence-electron chi connectivity index (χ0n) is 13.9. The third-order valence-electron chi connectivity index (χ3n) is 4.79. The Morgan fingerprint density at radius 1 is 1.23 bits per heavy atom. The van der Waals surface area contributed by atoms with Crippen molar-refractivity contribution in [2.24, 2.45) is 11.7 Å². The Labute approximate surface area is 134 Å². The highest BCUT2D eigenvalue weighted by Gasteiger charge is 2.31. The summed E-state index contributed by atoms with van der Waals surface area (Å²) in [5.41, 5.74) is 6.85. The van der Waals surface area contributed by atoms with E-state index in [0.29, 0.717) is 5.92 Å². The standard InChI is InChI=1S/C18H29N3O/c1-3-20(4-2)17(16-8-6-5-7-9-16)18(22)21-12-10-15(14-19)11-13-21/h5-9,15,17H,3-4,10-14,19H2,1-2H3. The molecule has 0 bridgehead atoms. The van der Waals surface area contributed by atoms with E-state index >= 15 is 0 Å². The summed E-state index contributed by atoms with van der Waals surface area (Å²) in [5.74, 6) is 0.818. The van der Waals surface area contributed by atoms with Crippen molar-refractivity contribution in [2.45, 2.75) is 32.7 Å². The summed E-state index contributed by atoms with van der Waals surface area (Å²) < 4.78 is 0. The van der Waals surface area contributed by atoms with Gasteiger partial charge in [-0.15, -0.1) is 0 Å². The maximum atomic E-state index is 13.1. The first kappa shape index (κ1) is 17.0. The maximum absolute atomic E-state index is 13.1. The van der Waals surface area contributed by atoms with Crippen LogP contribution in [0.3, 0.4) is 0 Å². The Kier molecular flexibility index (Phi) is 6.40. The van der Waals surface area contributed by atoms with Crippen LogP contribution in [0.2, 0.25) is 0 Å². The van der Waals surface area contributed by atoms with Gasteiger partial charge in [-0.05, 0) is 44.0 Å². The van der Waals surface area contributed by atoms with Crippen molar-refractivity contribution < 1.29 is 4.79 Å². The van der Waals surface area contributed by atoms with Crippen molar-refractivity contribution in [2.75, 3.05) is 32.7 Å². The fraction of sp³-hybridized carbons (Fsp3) is 0.611. The van der Waals surface area contributed by atoms with Gasteiger partial charge in [-0.1, -0.05) is 44.2 Å². The molecule has 0 saturated carbocycles. The number of nitrogens with zero attached hydrogens (tertiary/aromatic N) is 2. The Bertz CT molecular complexity index is 451. The summed E-state index contributed by atoms with van der Waals surface area (Å²) in [6, 6.07) is 9.99. The van der Waals surface area contributed by atoms with E-state index in [0.717, 1.165) is 51.1 Å². The second-order valence-electron chi connectivity index (χ2n) is 6.04. The number of carbonyl (C=O) groups is 1. The van der Waals surface area contributed by atoms with E-state index < -0.39 is 0 Å². The minimum absolute atomic E-state index is 0.161. The number of nitrogens with two attached hydrogens (primary N) is 1. The third kappa shape index (κ3) is 3.87. The maximum Gasteiger partial charge on any atom is 0.244 e. The van der Waals surface area contributed by atoms with Crippen molar-refractivity contribution >= 4 is 5.91 Å². The van der Waals surface area contributed by atoms with E-state index in [1.165, 1.54) is 0 Å². The van der Waals surface area contributed by atoms with Crippen LogP contribution in [0.5, 0.6) is 0 Å². The Balaban J connectivity index is 2.16. The number of hydrogen-bond acceptors (Lipinski definition) is 3. The quantitative estimate of drug-likeness (QED) is 0.877. The predicted molar refractivity (Wildman–Crippen MR) is 90.5 cm³/mol. The van der Waals surface area contributed by atoms with Crippen LogP contribution in [0.15, 0.2) is 30.3 Å². The van der Waals surface area contributed by atoms with Crippen LogP contribution in [-0.4, -0.2) is 48.4 Å². The SMILES string of the molecule is CCN(CC)C(C(=O)N1CCC(CN)CC1)c1ccccc1. The average molecular weight is 303 g/mol. The molecule has 0 aliphatic carbocycles. The van der Waals surface area contributed by atoms with Crippen LogP contribution >= 0.6 is 0 Å². The van der Waals surface area contributed by atoms with Crippen LogP contribution in [0, 0.1) is 5.92 Å². The van der Waals surface area contributed by atoms with Crippen molar-refractivity contribution in [3.63, 3.8) is 0 Å². The van der Waals surface area contributed by atoms with Gasteiger partial charge >= 0.3 is 0 Å². The molecule has 1 aliphatic heterocycles. The van der Waals surface area contributed by atoms with Crippen LogP contribution < -0.4 is 5.73 Å². The molecule has 1 aromatic rings. The summed E-state index contributed by atoms with van der Waals surface area (Å²) in [4.78, 5) is 17.4. The van der Waals surface area contributed by atoms with Gasteiger partial charge in [0, 0.05) is 13.1 Å². The first-order chi connectivity index (χ1) is 10.7. The minimum Gasteiger partial charge on any atom is -0.341 e. The normalized spacial score (nSPS) is 17.7. The largest absolute Gasteiger partial charge is 0.341 e. The summed E-state index contributed by atoms with van der Waals surface area (Å²) >= 11 is 0. The third-order valence-corrected chi connectivity index (χ3v) is 4.79. The molecule has 122 valence electrons. The Morgan fingerprint density at radius 3 is 2.32 bits per heavy atom. The lowest BCUT2D eigenvalue weighted by molar-refractivity contribution is -0.138. The lowest BCUT2D eigenvalue weighted by Gasteiger charge is -2.37. The average Bonchev–Trinajstić information content (AvgIpc) is 2.60. The van der Waals surface area contributed by atoms with Gasteiger partial charge in [-0.25, -0.2) is 0 Å². The highest BCUT2D eigenvalue weighted by molar-refractivity contribution is 5.83. The van der Waals surface area contributed by atoms with Crippen LogP contribution in [-0.2, 0) is 4.79 Å². The summed E-state index contributed by atoms with van der Waals surface area (Å²) in [6.07, 6.45) is 2.06. The van der Waals surface area contributed by atoms with Crippen LogP contribution in [0.25, 0.3) is 0 Å². The minimum atomic E-state index is -0.161. The van der Waals surface area contributed by atoms with E-state index in [1.807, 2.05) is 23.1 Å². The molecule has 1 aliphatic rings. The smallest absolute Gasteiger partial charge is 0.244 e. The van der Waals surface area contributed by atoms with Gasteiger partial charge in [0.15, 0.2) is 0 Å². The Morgan fingerprint density at radius 2 is 1.82 bits per heavy atom. The van der Waals surface area contributed by atoms with E-state index in [2.05, 4.69) is 30.9 Å². The number of likely N-dealkylation sites (tertiary alicyclic amines) is 1. The first-order valence-corrected chi connectivity index (χ1v) is 8.49. The van der Waals surface area contributed by atoms with Crippen molar-refractivity contribution in [1.29, 1.82) is 0 Å². The Hall–Kier alpha value is -1.39. The molecular weight excluding hydrogens is 274 g/mol. The van der Waals surface area contributed by atoms with Gasteiger partial charge < -0.3 is 10.6 Å². The zero-order valence-corrected chi connectivity index (χ0v) is 13.9. The number of carbonyl (C=O) groups excluding carboxylic acids is 1. The van der Waals surface area contributed by atoms with Crippen molar-refractivity contribution in [3.8, 4) is 0 Å². The van der Waals surface area contributed by atoms with Crippen molar-refractivity contribution in [1.82, 2.24) is 9.80 Å². The van der Waals surface area contributed by atoms with Crippen molar-refractivity contribution in [3.05, 3.63) is 35.9 Å². The molecule has 0 aromatic heterocycles. The van der Waals surface area contributed by atoms with Gasteiger partial charge in [0.25, 0.3) is 0 Å². The molecule has 1 unspecified atom stereocenters. The molecule has 1 saturated heterocycles. The highest BCUT2D eigenvalue weighted by atomic mass is 16.2. The van der Waals surface area contributed by atoms with Crippen LogP contribution in [0.1, 0.15) is 38.3 Å². The number of hydrogen-bond donors (Lipinski definition) is 1. The zero-order chi connectivity index (χ0) is 15.9. The summed E-state index contributed by atoms with van der Waals surface area (Å²) in [6.45, 7) is 8.40. The molecule has 2 rings (SSSR count). The van der Waals surface area contributed by atoms with Gasteiger partial charge in [0.2, 0.25) is 5.91 Å². The molecule has 0 radical (unpaired) electrons. The van der Waals surface area contributed by atoms with Gasteiger partial charge in [0.05, 0.1) is 0 Å². The molecule has 0 spiro atoms. The van der Waals surface area contributed by atoms with Gasteiger partial charge in [-0.3, -0.25) is 9.69 Å². The molecule has 1 amide bonds. The first-order valence-electron chi connectivity index (χ1n) is 8.49. The lowest BCUT2D eigenvalue weighted by Crippen LogP contribution is -2.46. The predicted octanol–water partition coefficient (Wildman–Crippen LogP) is 2.27. The lowest BCUT2D eigenvalue weighted by atomic mass is 9.95. The highest BCUT2D eigenvalue weighted by Crippen LogP contribution is 2.25. The van der Waals surface area contributed by atoms with Gasteiger partial charge in [0.1, 0.15) is 6.04 Å². The van der Waals surface area contributed by atoms with E-state index in [9.17, 15) is 4.79 Å². The molecule has 22 heavy (non-hydrogen) atoms. The molecule has 4 nitrogen and oxygen atoms in total. The van der Waals surface area contributed by atoms with E-state index in [4.69, 9.17) is 5.73 Å². The molecule has 1 heterocycles. The fourth-order valence-corrected chi connectivity index (χ4v) is 3.30. The number of amides is 1. The number of benzene rings is 1. The van der Waals surface area contributed by atoms with E-state index in [-0.39, 0.29) is 11.9 Å². The second kappa shape index (κ2) is 8.30. The summed E-state index contributed by atoms with van der Waals surface area (Å²) in [7, 11) is 0. The topological polar surface area (TPSA) is 49.6 Å². The second-order valence-corrected chi connectivity index (χ2v) is 6.04. The molecular formula is C18H29N3O. The summed E-state index contributed by atoms with van der Waals surface area (Å²) in [5, 5.41) is 0. The number of rotatable bonds is 6. The molecule has 2 N–H and O–H groups in total. The monoisotopic (exact) mass is 303 g/mol. The molecule has 1 aromatic carbocycles. The van der Waals surface area contributed by atoms with Crippen LogP contribution in [0.4, 0.5) is 0 Å². The van der Waals surface area contributed by atoms with E-state index in [1.54, 1.807) is 0 Å². The molecule has 1 fully saturated rings.